The van der Waals surface area contributed by atoms with Crippen molar-refractivity contribution in [3.63, 3.8) is 0 Å². The second-order valence-corrected chi connectivity index (χ2v) is 11.6. The molecule has 4 amide bonds. The highest BCUT2D eigenvalue weighted by Gasteiger charge is 2.34. The van der Waals surface area contributed by atoms with Gasteiger partial charge in [-0.15, -0.1) is 0 Å². The first-order chi connectivity index (χ1) is 22.3. The molecule has 240 valence electrons. The summed E-state index contributed by atoms with van der Waals surface area (Å²) in [6, 6.07) is 22.9. The summed E-state index contributed by atoms with van der Waals surface area (Å²) in [6.45, 7) is 1.52. The van der Waals surface area contributed by atoms with Crippen molar-refractivity contribution in [3.05, 3.63) is 108 Å². The zero-order valence-corrected chi connectivity index (χ0v) is 25.6. The Morgan fingerprint density at radius 3 is 2.15 bits per heavy atom. The molecule has 1 aromatic heterocycles. The minimum absolute atomic E-state index is 0.0255. The van der Waals surface area contributed by atoms with E-state index >= 15 is 0 Å². The molecule has 1 heterocycles. The Bertz CT molecular complexity index is 1640. The number of aliphatic hydroxyl groups is 1. The highest BCUT2D eigenvalue weighted by molar-refractivity contribution is 5.93. The normalized spacial score (nSPS) is 15.2. The standard InChI is InChI=1S/C35H39N5O6/c1-22(37-35(45)46-21-24-12-6-3-7-13-24)32(42)40-30(19-25-20-36-28-15-9-8-14-27(25)28)33(43)39-29(18-23-10-4-2-5-11-23)31(41)34(44)38-26-16-17-26/h2-15,20,22,26,29-31,36,41H,16-19,21H2,1H3,(H,37,45)(H,38,44)(H,39,43)(H,40,42)/t22-,29?,30-,31-/m0/s1. The molecule has 11 nitrogen and oxygen atoms in total. The number of carbonyl (C=O) groups is 4. The lowest BCUT2D eigenvalue weighted by Gasteiger charge is -2.27. The van der Waals surface area contributed by atoms with Gasteiger partial charge < -0.3 is 36.1 Å². The van der Waals surface area contributed by atoms with Crippen molar-refractivity contribution in [2.45, 2.75) is 69.5 Å². The molecule has 4 atom stereocenters. The summed E-state index contributed by atoms with van der Waals surface area (Å²) in [7, 11) is 0. The van der Waals surface area contributed by atoms with Crippen LogP contribution in [0.4, 0.5) is 4.79 Å². The van der Waals surface area contributed by atoms with E-state index in [-0.39, 0.29) is 25.5 Å². The van der Waals surface area contributed by atoms with Gasteiger partial charge in [-0.05, 0) is 48.9 Å². The van der Waals surface area contributed by atoms with Gasteiger partial charge in [0.1, 0.15) is 18.7 Å². The summed E-state index contributed by atoms with van der Waals surface area (Å²) in [5, 5.41) is 22.9. The van der Waals surface area contributed by atoms with Crippen LogP contribution in [0.2, 0.25) is 0 Å². The second-order valence-electron chi connectivity index (χ2n) is 11.6. The number of aromatic amines is 1. The first-order valence-corrected chi connectivity index (χ1v) is 15.4. The molecule has 0 aliphatic heterocycles. The van der Waals surface area contributed by atoms with Crippen LogP contribution in [-0.2, 0) is 38.6 Å². The predicted octanol–water partition coefficient (Wildman–Crippen LogP) is 2.88. The summed E-state index contributed by atoms with van der Waals surface area (Å²) in [6.07, 6.45) is 1.46. The van der Waals surface area contributed by atoms with Crippen molar-refractivity contribution in [1.29, 1.82) is 0 Å². The number of H-pyrrole nitrogens is 1. The molecule has 4 aromatic rings. The van der Waals surface area contributed by atoms with Crippen molar-refractivity contribution in [3.8, 4) is 0 Å². The fraction of sp³-hybridized carbons (Fsp3) is 0.314. The van der Waals surface area contributed by atoms with Crippen molar-refractivity contribution >= 4 is 34.7 Å². The number of ether oxygens (including phenoxy) is 1. The van der Waals surface area contributed by atoms with Crippen LogP contribution in [0.15, 0.2) is 91.1 Å². The molecule has 1 aliphatic rings. The molecule has 0 radical (unpaired) electrons. The SMILES string of the molecule is C[C@H](NC(=O)OCc1ccccc1)C(=O)N[C@@H](Cc1c[nH]c2ccccc12)C(=O)NC(Cc1ccccc1)[C@H](O)C(=O)NC1CC1. The number of para-hydroxylation sites is 1. The molecule has 1 saturated carbocycles. The maximum Gasteiger partial charge on any atom is 0.408 e. The minimum atomic E-state index is -1.52. The van der Waals surface area contributed by atoms with E-state index in [0.29, 0.717) is 0 Å². The molecule has 0 bridgehead atoms. The van der Waals surface area contributed by atoms with E-state index in [2.05, 4.69) is 26.3 Å². The van der Waals surface area contributed by atoms with Crippen molar-refractivity contribution < 1.29 is 29.0 Å². The highest BCUT2D eigenvalue weighted by atomic mass is 16.5. The first-order valence-electron chi connectivity index (χ1n) is 15.4. The third kappa shape index (κ3) is 8.95. The maximum atomic E-state index is 13.9. The van der Waals surface area contributed by atoms with Gasteiger partial charge in [-0.2, -0.15) is 0 Å². The van der Waals surface area contributed by atoms with Crippen molar-refractivity contribution in [2.24, 2.45) is 0 Å². The van der Waals surface area contributed by atoms with Gasteiger partial charge in [-0.25, -0.2) is 4.79 Å². The fourth-order valence-electron chi connectivity index (χ4n) is 5.12. The molecule has 6 N–H and O–H groups in total. The number of alkyl carbamates (subject to hydrolysis) is 1. The van der Waals surface area contributed by atoms with Crippen LogP contribution in [0.5, 0.6) is 0 Å². The molecule has 0 saturated heterocycles. The smallest absolute Gasteiger partial charge is 0.408 e. The van der Waals surface area contributed by atoms with E-state index in [1.807, 2.05) is 84.9 Å². The highest BCUT2D eigenvalue weighted by Crippen LogP contribution is 2.21. The third-order valence-corrected chi connectivity index (χ3v) is 7.87. The molecule has 1 unspecified atom stereocenters. The average molecular weight is 626 g/mol. The molecule has 0 spiro atoms. The number of nitrogens with one attached hydrogen (secondary N) is 5. The zero-order valence-electron chi connectivity index (χ0n) is 25.6. The molecule has 5 rings (SSSR count). The summed E-state index contributed by atoms with van der Waals surface area (Å²) < 4.78 is 5.25. The number of hydrogen-bond acceptors (Lipinski definition) is 6. The number of aliphatic hydroxyl groups excluding tert-OH is 1. The largest absolute Gasteiger partial charge is 0.445 e. The Labute approximate surface area is 267 Å². The van der Waals surface area contributed by atoms with E-state index in [4.69, 9.17) is 4.74 Å². The monoisotopic (exact) mass is 625 g/mol. The lowest BCUT2D eigenvalue weighted by atomic mass is 9.98. The number of rotatable bonds is 14. The molecule has 46 heavy (non-hydrogen) atoms. The van der Waals surface area contributed by atoms with Crippen molar-refractivity contribution in [1.82, 2.24) is 26.3 Å². The van der Waals surface area contributed by atoms with E-state index < -0.39 is 48.0 Å². The zero-order chi connectivity index (χ0) is 32.5. The molecular weight excluding hydrogens is 586 g/mol. The molecule has 1 fully saturated rings. The van der Waals surface area contributed by atoms with Gasteiger partial charge >= 0.3 is 6.09 Å². The van der Waals surface area contributed by atoms with E-state index in [1.54, 1.807) is 6.20 Å². The van der Waals surface area contributed by atoms with Gasteiger partial charge in [-0.3, -0.25) is 14.4 Å². The van der Waals surface area contributed by atoms with Gasteiger partial charge in [0.25, 0.3) is 5.91 Å². The quantitative estimate of drug-likeness (QED) is 0.126. The molecule has 1 aliphatic carbocycles. The summed E-state index contributed by atoms with van der Waals surface area (Å²) in [4.78, 5) is 55.7. The van der Waals surface area contributed by atoms with Crippen LogP contribution in [0.3, 0.4) is 0 Å². The second kappa shape index (κ2) is 15.2. The van der Waals surface area contributed by atoms with Crippen LogP contribution in [0, 0.1) is 0 Å². The number of aromatic nitrogens is 1. The molecule has 11 heteroatoms. The van der Waals surface area contributed by atoms with Crippen LogP contribution in [0.1, 0.15) is 36.5 Å². The van der Waals surface area contributed by atoms with Gasteiger partial charge in [0, 0.05) is 29.6 Å². The van der Waals surface area contributed by atoms with Crippen LogP contribution >= 0.6 is 0 Å². The first kappa shape index (κ1) is 32.2. The number of hydrogen-bond donors (Lipinski definition) is 6. The Hall–Kier alpha value is -5.16. The van der Waals surface area contributed by atoms with Crippen LogP contribution < -0.4 is 21.3 Å². The summed E-state index contributed by atoms with van der Waals surface area (Å²) >= 11 is 0. The van der Waals surface area contributed by atoms with Gasteiger partial charge in [0.2, 0.25) is 11.8 Å². The van der Waals surface area contributed by atoms with Gasteiger partial charge in [0.15, 0.2) is 6.10 Å². The summed E-state index contributed by atoms with van der Waals surface area (Å²) in [5.74, 6) is -1.76. The minimum Gasteiger partial charge on any atom is -0.445 e. The predicted molar refractivity (Wildman–Crippen MR) is 172 cm³/mol. The van der Waals surface area contributed by atoms with Gasteiger partial charge in [-0.1, -0.05) is 78.9 Å². The number of fused-ring (bicyclic) bond motifs is 1. The fourth-order valence-corrected chi connectivity index (χ4v) is 5.12. The maximum absolute atomic E-state index is 13.9. The Kier molecular flexibility index (Phi) is 10.7. The number of benzene rings is 3. The number of carbonyl (C=O) groups excluding carboxylic acids is 4. The van der Waals surface area contributed by atoms with Crippen LogP contribution in [0.25, 0.3) is 10.9 Å². The molecular formula is C35H39N5O6. The topological polar surface area (TPSA) is 162 Å². The van der Waals surface area contributed by atoms with Crippen LogP contribution in [-0.4, -0.2) is 64.2 Å². The lowest BCUT2D eigenvalue weighted by Crippen LogP contribution is -2.58. The van der Waals surface area contributed by atoms with E-state index in [0.717, 1.165) is 40.4 Å². The molecule has 3 aromatic carbocycles. The Balaban J connectivity index is 1.31. The summed E-state index contributed by atoms with van der Waals surface area (Å²) in [5.41, 5.74) is 3.26. The van der Waals surface area contributed by atoms with E-state index in [1.165, 1.54) is 6.92 Å². The van der Waals surface area contributed by atoms with Crippen molar-refractivity contribution in [2.75, 3.05) is 0 Å². The Morgan fingerprint density at radius 2 is 1.46 bits per heavy atom. The average Bonchev–Trinajstić information content (AvgIpc) is 3.80. The van der Waals surface area contributed by atoms with E-state index in [9.17, 15) is 24.3 Å². The Morgan fingerprint density at radius 1 is 0.804 bits per heavy atom. The third-order valence-electron chi connectivity index (χ3n) is 7.87. The number of amides is 4. The van der Waals surface area contributed by atoms with Gasteiger partial charge in [0.05, 0.1) is 6.04 Å². The lowest BCUT2D eigenvalue weighted by molar-refractivity contribution is -0.134.